The summed E-state index contributed by atoms with van der Waals surface area (Å²) in [6.07, 6.45) is -0.0551. The van der Waals surface area contributed by atoms with Crippen molar-refractivity contribution in [3.63, 3.8) is 0 Å². The van der Waals surface area contributed by atoms with Crippen LogP contribution in [0, 0.1) is 0 Å². The van der Waals surface area contributed by atoms with Gasteiger partial charge in [0.2, 0.25) is 11.8 Å². The van der Waals surface area contributed by atoms with E-state index in [0.717, 1.165) is 6.26 Å². The molecule has 1 aliphatic carbocycles. The first-order valence-electron chi connectivity index (χ1n) is 8.83. The number of carbonyl (C=O) groups excluding carboxylic acids is 3. The van der Waals surface area contributed by atoms with Gasteiger partial charge in [0.25, 0.3) is 0 Å². The number of nitrogens with two attached hydrogens (primary N) is 1. The molecule has 7 N–H and O–H groups in total. The normalized spacial score (nSPS) is 23.3. The van der Waals surface area contributed by atoms with Crippen LogP contribution in [-0.4, -0.2) is 79.3 Å². The third-order valence-electron chi connectivity index (χ3n) is 4.12. The van der Waals surface area contributed by atoms with Crippen molar-refractivity contribution in [3.05, 3.63) is 11.6 Å². The Morgan fingerprint density at radius 1 is 1.32 bits per heavy atom. The Kier molecular flexibility index (Phi) is 8.85. The van der Waals surface area contributed by atoms with Gasteiger partial charge in [0.15, 0.2) is 0 Å². The summed E-state index contributed by atoms with van der Waals surface area (Å²) in [5, 5.41) is 27.4. The van der Waals surface area contributed by atoms with Crippen LogP contribution in [0.1, 0.15) is 26.2 Å². The highest BCUT2D eigenvalue weighted by atomic mass is 32.2. The summed E-state index contributed by atoms with van der Waals surface area (Å²) in [5.41, 5.74) is 5.24. The van der Waals surface area contributed by atoms with Crippen molar-refractivity contribution in [1.29, 1.82) is 0 Å². The lowest BCUT2D eigenvalue weighted by molar-refractivity contribution is -0.125. The van der Waals surface area contributed by atoms with Crippen molar-refractivity contribution in [1.82, 2.24) is 16.0 Å². The largest absolute Gasteiger partial charge is 0.390 e. The van der Waals surface area contributed by atoms with E-state index in [4.69, 9.17) is 5.73 Å². The molecule has 0 heterocycles. The number of carbonyl (C=O) groups is 3. The van der Waals surface area contributed by atoms with E-state index < -0.39 is 52.0 Å². The number of urea groups is 1. The molecule has 0 saturated heterocycles. The topological polar surface area (TPSA) is 188 Å². The van der Waals surface area contributed by atoms with Crippen molar-refractivity contribution in [2.75, 3.05) is 18.6 Å². The summed E-state index contributed by atoms with van der Waals surface area (Å²) in [5.74, 6) is -1.99. The molecule has 0 fully saturated rings. The predicted octanol–water partition coefficient (Wildman–Crippen LogP) is -2.48. The fourth-order valence-corrected chi connectivity index (χ4v) is 3.24. The summed E-state index contributed by atoms with van der Waals surface area (Å²) in [6, 6.07) is -2.81. The lowest BCUT2D eigenvalue weighted by Gasteiger charge is -2.31. The molecule has 1 aliphatic rings. The molecule has 0 saturated carbocycles. The average Bonchev–Trinajstić information content (AvgIpc) is 2.59. The third kappa shape index (κ3) is 7.82. The highest BCUT2D eigenvalue weighted by Crippen LogP contribution is 2.20. The molecule has 4 atom stereocenters. The molecule has 160 valence electrons. The second-order valence-corrected chi connectivity index (χ2v) is 8.99. The van der Waals surface area contributed by atoms with Crippen LogP contribution in [-0.2, 0) is 19.4 Å². The summed E-state index contributed by atoms with van der Waals surface area (Å²) in [7, 11) is -3.36. The van der Waals surface area contributed by atoms with Gasteiger partial charge >= 0.3 is 6.03 Å². The smallest absolute Gasteiger partial charge is 0.315 e. The Bertz CT molecular complexity index is 723. The Morgan fingerprint density at radius 2 is 1.96 bits per heavy atom. The maximum absolute atomic E-state index is 12.4. The van der Waals surface area contributed by atoms with E-state index in [2.05, 4.69) is 16.0 Å². The number of aliphatic hydroxyl groups excluding tert-OH is 2. The summed E-state index contributed by atoms with van der Waals surface area (Å²) >= 11 is 0. The lowest BCUT2D eigenvalue weighted by Crippen LogP contribution is -2.54. The minimum atomic E-state index is -3.36. The Hall–Kier alpha value is -2.18. The monoisotopic (exact) mass is 420 g/mol. The van der Waals surface area contributed by atoms with Crippen molar-refractivity contribution in [3.8, 4) is 0 Å². The van der Waals surface area contributed by atoms with Crippen molar-refractivity contribution in [2.45, 2.75) is 50.5 Å². The van der Waals surface area contributed by atoms with Gasteiger partial charge in [-0.05, 0) is 12.8 Å². The quantitative estimate of drug-likeness (QED) is 0.238. The van der Waals surface area contributed by atoms with Crippen LogP contribution in [0.25, 0.3) is 0 Å². The van der Waals surface area contributed by atoms with Crippen LogP contribution >= 0.6 is 0 Å². The van der Waals surface area contributed by atoms with Crippen LogP contribution < -0.4 is 21.7 Å². The molecule has 0 aromatic heterocycles. The molecular formula is C16H28N4O7S. The number of primary amides is 1. The molecular weight excluding hydrogens is 392 g/mol. The minimum Gasteiger partial charge on any atom is -0.390 e. The van der Waals surface area contributed by atoms with Gasteiger partial charge in [0.1, 0.15) is 22.0 Å². The summed E-state index contributed by atoms with van der Waals surface area (Å²) in [4.78, 5) is 35.7. The molecule has 1 rings (SSSR count). The van der Waals surface area contributed by atoms with E-state index in [1.165, 1.54) is 6.08 Å². The highest BCUT2D eigenvalue weighted by Gasteiger charge is 2.34. The Morgan fingerprint density at radius 3 is 2.50 bits per heavy atom. The molecule has 4 amide bonds. The number of sulfone groups is 1. The van der Waals surface area contributed by atoms with Crippen LogP contribution in [0.5, 0.6) is 0 Å². The molecule has 0 bridgehead atoms. The first-order chi connectivity index (χ1) is 12.9. The second kappa shape index (κ2) is 10.4. The first-order valence-corrected chi connectivity index (χ1v) is 10.9. The van der Waals surface area contributed by atoms with Gasteiger partial charge in [-0.15, -0.1) is 0 Å². The van der Waals surface area contributed by atoms with Gasteiger partial charge in [-0.3, -0.25) is 9.59 Å². The van der Waals surface area contributed by atoms with E-state index in [9.17, 15) is 33.0 Å². The van der Waals surface area contributed by atoms with E-state index >= 15 is 0 Å². The van der Waals surface area contributed by atoms with Gasteiger partial charge in [-0.1, -0.05) is 13.0 Å². The molecule has 0 aromatic rings. The lowest BCUT2D eigenvalue weighted by atomic mass is 9.90. The zero-order chi connectivity index (χ0) is 21.5. The van der Waals surface area contributed by atoms with Crippen molar-refractivity contribution in [2.24, 2.45) is 5.73 Å². The maximum Gasteiger partial charge on any atom is 0.315 e. The molecule has 12 heteroatoms. The van der Waals surface area contributed by atoms with Gasteiger partial charge in [0.05, 0.1) is 17.9 Å². The summed E-state index contributed by atoms with van der Waals surface area (Å²) in [6.45, 7) is 2.27. The van der Waals surface area contributed by atoms with Crippen molar-refractivity contribution >= 4 is 27.7 Å². The van der Waals surface area contributed by atoms with E-state index in [-0.39, 0.29) is 24.2 Å². The fourth-order valence-electron chi connectivity index (χ4n) is 2.57. The average molecular weight is 420 g/mol. The first kappa shape index (κ1) is 23.9. The molecule has 0 aromatic carbocycles. The molecule has 0 radical (unpaired) electrons. The number of rotatable bonds is 9. The number of nitrogens with one attached hydrogen (secondary N) is 3. The molecule has 0 aliphatic heterocycles. The van der Waals surface area contributed by atoms with Gasteiger partial charge in [-0.2, -0.15) is 0 Å². The van der Waals surface area contributed by atoms with Crippen molar-refractivity contribution < 1.29 is 33.0 Å². The zero-order valence-electron chi connectivity index (χ0n) is 15.8. The van der Waals surface area contributed by atoms with Gasteiger partial charge < -0.3 is 31.9 Å². The minimum absolute atomic E-state index is 0.0317. The van der Waals surface area contributed by atoms with E-state index in [0.29, 0.717) is 13.0 Å². The molecule has 0 spiro atoms. The Balaban J connectivity index is 2.86. The number of amides is 4. The van der Waals surface area contributed by atoms with E-state index in [1.54, 1.807) is 0 Å². The fraction of sp³-hybridized carbons (Fsp3) is 0.688. The van der Waals surface area contributed by atoms with Crippen LogP contribution in [0.2, 0.25) is 0 Å². The predicted molar refractivity (Wildman–Crippen MR) is 101 cm³/mol. The Labute approximate surface area is 163 Å². The molecule has 28 heavy (non-hydrogen) atoms. The number of hydrogen-bond donors (Lipinski definition) is 6. The SMILES string of the molecule is CCCNC(=O)N[C@@H]1C=C(C(=O)N[C@@H](CCS(C)(=O)=O)C(N)=O)C[C@@H](O)[C@@H]1O. The van der Waals surface area contributed by atoms with E-state index in [1.807, 2.05) is 6.92 Å². The standard InChI is InChI=1S/C16H28N4O7S/c1-3-5-18-16(25)20-11-7-9(8-12(21)13(11)22)15(24)19-10(14(17)23)4-6-28(2,26)27/h7,10-13,21-22H,3-6,8H2,1-2H3,(H2,17,23)(H,19,24)(H2,18,20,25)/t10-,11+,12+,13+/m0/s1. The second-order valence-electron chi connectivity index (χ2n) is 6.73. The molecule has 0 unspecified atom stereocenters. The van der Waals surface area contributed by atoms with Gasteiger partial charge in [0, 0.05) is 24.8 Å². The summed E-state index contributed by atoms with van der Waals surface area (Å²) < 4.78 is 22.5. The number of aliphatic hydroxyl groups is 2. The maximum atomic E-state index is 12.4. The van der Waals surface area contributed by atoms with Gasteiger partial charge in [-0.25, -0.2) is 13.2 Å². The third-order valence-corrected chi connectivity index (χ3v) is 5.10. The number of hydrogen-bond acceptors (Lipinski definition) is 7. The van der Waals surface area contributed by atoms with Crippen LogP contribution in [0.4, 0.5) is 4.79 Å². The van der Waals surface area contributed by atoms with Crippen LogP contribution in [0.15, 0.2) is 11.6 Å². The van der Waals surface area contributed by atoms with Crippen LogP contribution in [0.3, 0.4) is 0 Å². The zero-order valence-corrected chi connectivity index (χ0v) is 16.7. The highest BCUT2D eigenvalue weighted by molar-refractivity contribution is 7.90. The molecule has 11 nitrogen and oxygen atoms in total.